The number of nitrogens with one attached hydrogen (secondary N) is 3. The number of aromatic amines is 1. The summed E-state index contributed by atoms with van der Waals surface area (Å²) in [4.78, 5) is 56.4. The van der Waals surface area contributed by atoms with E-state index in [1.165, 1.54) is 6.08 Å². The number of benzene rings is 1. The largest absolute Gasteiger partial charge is 0.463 e. The number of aromatic nitrogens is 1. The zero-order chi connectivity index (χ0) is 26.3. The van der Waals surface area contributed by atoms with Crippen molar-refractivity contribution in [1.29, 1.82) is 0 Å². The summed E-state index contributed by atoms with van der Waals surface area (Å²) >= 11 is 0. The summed E-state index contributed by atoms with van der Waals surface area (Å²) in [7, 11) is 0. The fourth-order valence-electron chi connectivity index (χ4n) is 6.15. The molecular weight excluding hydrogens is 472 g/mol. The van der Waals surface area contributed by atoms with Gasteiger partial charge in [0.25, 0.3) is 5.91 Å². The number of fused-ring (bicyclic) bond motifs is 2. The van der Waals surface area contributed by atoms with Crippen LogP contribution in [-0.2, 0) is 19.1 Å². The van der Waals surface area contributed by atoms with Crippen LogP contribution in [0.15, 0.2) is 42.5 Å². The lowest BCUT2D eigenvalue weighted by molar-refractivity contribution is -0.137. The Bertz CT molecular complexity index is 1230. The van der Waals surface area contributed by atoms with Crippen molar-refractivity contribution >= 4 is 34.6 Å². The lowest BCUT2D eigenvalue weighted by atomic mass is 9.96. The molecule has 1 saturated carbocycles. The predicted molar refractivity (Wildman–Crippen MR) is 137 cm³/mol. The first kappa shape index (κ1) is 25.0. The van der Waals surface area contributed by atoms with Gasteiger partial charge in [-0.05, 0) is 49.1 Å². The molecule has 0 bridgehead atoms. The minimum absolute atomic E-state index is 0.0408. The van der Waals surface area contributed by atoms with Gasteiger partial charge in [-0.1, -0.05) is 38.1 Å². The van der Waals surface area contributed by atoms with Gasteiger partial charge in [0.2, 0.25) is 11.8 Å². The van der Waals surface area contributed by atoms with Gasteiger partial charge in [-0.25, -0.2) is 4.79 Å². The maximum Gasteiger partial charge on any atom is 0.330 e. The normalized spacial score (nSPS) is 26.7. The number of para-hydroxylation sites is 1. The van der Waals surface area contributed by atoms with Gasteiger partial charge in [0.1, 0.15) is 11.7 Å². The first-order chi connectivity index (χ1) is 17.7. The third kappa shape index (κ3) is 4.74. The van der Waals surface area contributed by atoms with Crippen molar-refractivity contribution in [1.82, 2.24) is 20.5 Å². The molecule has 0 spiro atoms. The van der Waals surface area contributed by atoms with Crippen LogP contribution in [0.3, 0.4) is 0 Å². The van der Waals surface area contributed by atoms with Crippen LogP contribution >= 0.6 is 0 Å². The van der Waals surface area contributed by atoms with Crippen LogP contribution in [0.2, 0.25) is 0 Å². The summed E-state index contributed by atoms with van der Waals surface area (Å²) in [6.45, 7) is 7.34. The molecule has 1 aliphatic carbocycles. The molecule has 1 aromatic heterocycles. The first-order valence-electron chi connectivity index (χ1n) is 13.0. The monoisotopic (exact) mass is 506 g/mol. The number of nitrogens with zero attached hydrogens (tertiary/aromatic N) is 1. The summed E-state index contributed by atoms with van der Waals surface area (Å²) in [5.74, 6) is -0.986. The minimum atomic E-state index is -0.630. The molecule has 2 aromatic rings. The molecule has 3 amide bonds. The van der Waals surface area contributed by atoms with Crippen LogP contribution in [0, 0.1) is 23.2 Å². The Morgan fingerprint density at radius 3 is 2.76 bits per heavy atom. The highest BCUT2D eigenvalue weighted by Gasteiger charge is 2.69. The lowest BCUT2D eigenvalue weighted by Gasteiger charge is -2.31. The molecule has 5 atom stereocenters. The van der Waals surface area contributed by atoms with E-state index in [9.17, 15) is 19.2 Å². The number of piperidine rings is 1. The van der Waals surface area contributed by atoms with E-state index < -0.39 is 18.1 Å². The van der Waals surface area contributed by atoms with Crippen LogP contribution in [0.5, 0.6) is 0 Å². The van der Waals surface area contributed by atoms with Gasteiger partial charge in [0.15, 0.2) is 0 Å². The number of H-pyrrole nitrogens is 1. The number of amides is 3. The average molecular weight is 507 g/mol. The Labute approximate surface area is 216 Å². The van der Waals surface area contributed by atoms with Gasteiger partial charge in [-0.2, -0.15) is 0 Å². The summed E-state index contributed by atoms with van der Waals surface area (Å²) in [5.41, 5.74) is 1.29. The highest BCUT2D eigenvalue weighted by Crippen LogP contribution is 2.65. The topological polar surface area (TPSA) is 121 Å². The molecule has 3 heterocycles. The Morgan fingerprint density at radius 2 is 2.05 bits per heavy atom. The third-order valence-corrected chi connectivity index (χ3v) is 8.28. The number of hydrogen-bond donors (Lipinski definition) is 3. The van der Waals surface area contributed by atoms with Gasteiger partial charge in [0, 0.05) is 42.0 Å². The van der Waals surface area contributed by atoms with Gasteiger partial charge in [0.05, 0.1) is 6.61 Å². The van der Waals surface area contributed by atoms with E-state index in [1.54, 1.807) is 17.9 Å². The summed E-state index contributed by atoms with van der Waals surface area (Å²) in [6, 6.07) is 8.34. The molecule has 2 aliphatic heterocycles. The summed E-state index contributed by atoms with van der Waals surface area (Å²) in [5, 5.41) is 6.80. The predicted octanol–water partition coefficient (Wildman–Crippen LogP) is 2.39. The number of carbonyl (C=O) groups is 4. The molecular formula is C28H34N4O5. The fourth-order valence-corrected chi connectivity index (χ4v) is 6.15. The Hall–Kier alpha value is -3.62. The first-order valence-corrected chi connectivity index (χ1v) is 13.0. The molecule has 37 heavy (non-hydrogen) atoms. The second kappa shape index (κ2) is 9.68. The van der Waals surface area contributed by atoms with Crippen LogP contribution in [0.25, 0.3) is 10.9 Å². The van der Waals surface area contributed by atoms with E-state index in [2.05, 4.69) is 29.5 Å². The minimum Gasteiger partial charge on any atom is -0.463 e. The van der Waals surface area contributed by atoms with Gasteiger partial charge in [-0.3, -0.25) is 14.4 Å². The number of rotatable bonds is 8. The molecule has 3 fully saturated rings. The number of ether oxygens (including phenoxy) is 1. The second-order valence-electron chi connectivity index (χ2n) is 10.9. The van der Waals surface area contributed by atoms with Crippen molar-refractivity contribution in [3.8, 4) is 0 Å². The van der Waals surface area contributed by atoms with Crippen LogP contribution in [-0.4, -0.2) is 65.4 Å². The number of likely N-dealkylation sites (tertiary alicyclic amines) is 1. The van der Waals surface area contributed by atoms with Crippen LogP contribution in [0.4, 0.5) is 0 Å². The zero-order valence-electron chi connectivity index (χ0n) is 21.5. The quantitative estimate of drug-likeness (QED) is 0.375. The molecule has 0 radical (unpaired) electrons. The summed E-state index contributed by atoms with van der Waals surface area (Å²) < 4.78 is 4.99. The van der Waals surface area contributed by atoms with E-state index in [0.29, 0.717) is 31.6 Å². The summed E-state index contributed by atoms with van der Waals surface area (Å²) in [6.07, 6.45) is 3.93. The van der Waals surface area contributed by atoms with E-state index in [1.807, 2.05) is 30.3 Å². The molecule has 3 N–H and O–H groups in total. The average Bonchev–Trinajstić information content (AvgIpc) is 3.38. The Kier molecular flexibility index (Phi) is 6.56. The smallest absolute Gasteiger partial charge is 0.330 e. The number of hydrogen-bond acceptors (Lipinski definition) is 5. The van der Waals surface area contributed by atoms with Gasteiger partial charge in [-0.15, -0.1) is 0 Å². The maximum atomic E-state index is 13.8. The van der Waals surface area contributed by atoms with Crippen molar-refractivity contribution in [2.45, 2.75) is 45.7 Å². The SMILES string of the molecule is CCOC(=O)/C=C/[C@H](C[C@@H]1CCNC1=O)NC(=O)[C@@H]1C2[C@H](CN1C(=O)c1cc3ccccc3[nH]1)C2(C)C. The van der Waals surface area contributed by atoms with Crippen molar-refractivity contribution in [3.63, 3.8) is 0 Å². The fraction of sp³-hybridized carbons (Fsp3) is 0.500. The Morgan fingerprint density at radius 1 is 1.27 bits per heavy atom. The molecule has 9 heteroatoms. The highest BCUT2D eigenvalue weighted by atomic mass is 16.5. The third-order valence-electron chi connectivity index (χ3n) is 8.28. The lowest BCUT2D eigenvalue weighted by Crippen LogP contribution is -2.52. The number of carbonyl (C=O) groups excluding carboxylic acids is 4. The molecule has 1 unspecified atom stereocenters. The van der Waals surface area contributed by atoms with Crippen molar-refractivity contribution < 1.29 is 23.9 Å². The van der Waals surface area contributed by atoms with Crippen molar-refractivity contribution in [2.75, 3.05) is 19.7 Å². The molecule has 1 aromatic carbocycles. The molecule has 9 nitrogen and oxygen atoms in total. The van der Waals surface area contributed by atoms with Gasteiger partial charge >= 0.3 is 5.97 Å². The van der Waals surface area contributed by atoms with Crippen LogP contribution < -0.4 is 10.6 Å². The maximum absolute atomic E-state index is 13.8. The molecule has 5 rings (SSSR count). The van der Waals surface area contributed by atoms with Crippen LogP contribution in [0.1, 0.15) is 44.1 Å². The molecule has 3 aliphatic rings. The zero-order valence-corrected chi connectivity index (χ0v) is 21.5. The molecule has 2 saturated heterocycles. The van der Waals surface area contributed by atoms with E-state index in [-0.39, 0.29) is 47.5 Å². The Balaban J connectivity index is 1.37. The second-order valence-corrected chi connectivity index (χ2v) is 10.9. The number of esters is 1. The van der Waals surface area contributed by atoms with E-state index in [0.717, 1.165) is 10.9 Å². The highest BCUT2D eigenvalue weighted by molar-refractivity contribution is 6.01. The molecule has 196 valence electrons. The van der Waals surface area contributed by atoms with E-state index in [4.69, 9.17) is 4.74 Å². The van der Waals surface area contributed by atoms with E-state index >= 15 is 0 Å². The van der Waals surface area contributed by atoms with Gasteiger partial charge < -0.3 is 25.3 Å². The van der Waals surface area contributed by atoms with Crippen molar-refractivity contribution in [3.05, 3.63) is 48.2 Å². The van der Waals surface area contributed by atoms with Crippen molar-refractivity contribution in [2.24, 2.45) is 23.2 Å². The standard InChI is InChI=1S/C28H34N4O5/c1-4-37-22(33)10-9-18(13-17-11-12-29-25(17)34)30-26(35)24-23-19(28(23,2)3)15-32(24)27(36)21-14-16-7-5-6-8-20(16)31-21/h5-10,14,17-19,23-24,31H,4,11-13,15H2,1-3H3,(H,29,34)(H,30,35)/b10-9+/t17-,18+,19-,23?,24-/m0/s1.